The van der Waals surface area contributed by atoms with E-state index in [2.05, 4.69) is 41.8 Å². The molecule has 0 bridgehead atoms. The first-order valence-electron chi connectivity index (χ1n) is 4.96. The molecular weight excluding hydrogens is 376 g/mol. The van der Waals surface area contributed by atoms with Crippen molar-refractivity contribution in [3.05, 3.63) is 57.0 Å². The fourth-order valence-electron chi connectivity index (χ4n) is 0.964. The molecule has 1 amide bonds. The molecule has 19 heavy (non-hydrogen) atoms. The Balaban J connectivity index is 0.000000191. The van der Waals surface area contributed by atoms with Crippen LogP contribution in [0.1, 0.15) is 16.2 Å². The lowest BCUT2D eigenvalue weighted by Crippen LogP contribution is -2.12. The molecule has 0 aliphatic heterocycles. The van der Waals surface area contributed by atoms with E-state index < -0.39 is 5.91 Å². The molecule has 96 valence electrons. The number of amides is 1. The average Bonchev–Trinajstić information content (AvgIpc) is 2.41. The van der Waals surface area contributed by atoms with Gasteiger partial charge in [0, 0.05) is 21.3 Å². The van der Waals surface area contributed by atoms with Crippen molar-refractivity contribution in [1.29, 1.82) is 5.26 Å². The van der Waals surface area contributed by atoms with Gasteiger partial charge < -0.3 is 5.73 Å². The number of primary amides is 1. The molecule has 0 saturated heterocycles. The van der Waals surface area contributed by atoms with Crippen LogP contribution in [0.2, 0.25) is 0 Å². The van der Waals surface area contributed by atoms with Crippen LogP contribution in [0.25, 0.3) is 0 Å². The molecule has 2 heterocycles. The van der Waals surface area contributed by atoms with Crippen molar-refractivity contribution in [3.63, 3.8) is 0 Å². The second kappa shape index (κ2) is 7.61. The summed E-state index contributed by atoms with van der Waals surface area (Å²) in [5, 5.41) is 8.30. The normalized spacial score (nSPS) is 8.89. The number of carbonyl (C=O) groups is 1. The topological polar surface area (TPSA) is 92.7 Å². The van der Waals surface area contributed by atoms with Crippen LogP contribution in [0.4, 0.5) is 0 Å². The highest BCUT2D eigenvalue weighted by molar-refractivity contribution is 9.10. The minimum Gasteiger partial charge on any atom is -0.364 e. The van der Waals surface area contributed by atoms with Gasteiger partial charge in [-0.3, -0.25) is 4.79 Å². The van der Waals surface area contributed by atoms with E-state index in [1.807, 2.05) is 6.07 Å². The summed E-state index contributed by atoms with van der Waals surface area (Å²) in [5.74, 6) is -0.507. The van der Waals surface area contributed by atoms with Crippen molar-refractivity contribution in [1.82, 2.24) is 9.97 Å². The zero-order valence-electron chi connectivity index (χ0n) is 9.55. The number of nitrogens with two attached hydrogens (primary N) is 1. The van der Waals surface area contributed by atoms with Gasteiger partial charge in [-0.25, -0.2) is 9.97 Å². The van der Waals surface area contributed by atoms with Gasteiger partial charge in [-0.15, -0.1) is 0 Å². The summed E-state index contributed by atoms with van der Waals surface area (Å²) < 4.78 is 1.72. The van der Waals surface area contributed by atoms with Gasteiger partial charge in [-0.05, 0) is 56.1 Å². The van der Waals surface area contributed by atoms with E-state index in [-0.39, 0.29) is 5.69 Å². The molecule has 0 atom stereocenters. The van der Waals surface area contributed by atoms with Crippen LogP contribution in [0.5, 0.6) is 0 Å². The summed E-state index contributed by atoms with van der Waals surface area (Å²) in [5.41, 5.74) is 5.67. The predicted octanol–water partition coefficient (Wildman–Crippen LogP) is 2.66. The zero-order valence-corrected chi connectivity index (χ0v) is 12.7. The summed E-state index contributed by atoms with van der Waals surface area (Å²) >= 11 is 6.38. The third-order valence-electron chi connectivity index (χ3n) is 1.82. The molecule has 2 N–H and O–H groups in total. The number of hydrogen-bond donors (Lipinski definition) is 1. The molecule has 2 rings (SSSR count). The Kier molecular flexibility index (Phi) is 6.12. The molecule has 2 aromatic heterocycles. The lowest BCUT2D eigenvalue weighted by atomic mass is 10.3. The number of halogens is 2. The Labute approximate surface area is 126 Å². The molecule has 0 saturated carbocycles. The number of nitriles is 1. The van der Waals surface area contributed by atoms with Gasteiger partial charge in [-0.2, -0.15) is 5.26 Å². The fraction of sp³-hybridized carbons (Fsp3) is 0. The number of rotatable bonds is 1. The number of aromatic nitrogens is 2. The first-order chi connectivity index (χ1) is 9.02. The minimum absolute atomic E-state index is 0.281. The molecule has 7 heteroatoms. The number of nitrogens with zero attached hydrogens (tertiary/aromatic N) is 3. The van der Waals surface area contributed by atoms with Gasteiger partial charge in [0.1, 0.15) is 17.5 Å². The van der Waals surface area contributed by atoms with Gasteiger partial charge >= 0.3 is 0 Å². The average molecular weight is 384 g/mol. The van der Waals surface area contributed by atoms with Crippen molar-refractivity contribution < 1.29 is 4.79 Å². The maximum atomic E-state index is 10.5. The molecular formula is C12H8Br2N4O. The largest absolute Gasteiger partial charge is 0.364 e. The smallest absolute Gasteiger partial charge is 0.267 e. The summed E-state index contributed by atoms with van der Waals surface area (Å²) in [6.07, 6.45) is 3.12. The molecule has 0 unspecified atom stereocenters. The van der Waals surface area contributed by atoms with E-state index in [0.717, 1.165) is 8.95 Å². The molecule has 0 aliphatic rings. The van der Waals surface area contributed by atoms with Crippen molar-refractivity contribution >= 4 is 37.8 Å². The Morgan fingerprint density at radius 2 is 1.68 bits per heavy atom. The van der Waals surface area contributed by atoms with Gasteiger partial charge in [0.15, 0.2) is 0 Å². The summed E-state index contributed by atoms with van der Waals surface area (Å²) in [4.78, 5) is 18.0. The minimum atomic E-state index is -0.507. The van der Waals surface area contributed by atoms with Crippen LogP contribution in [0, 0.1) is 11.3 Å². The van der Waals surface area contributed by atoms with E-state index in [0.29, 0.717) is 5.69 Å². The lowest BCUT2D eigenvalue weighted by Gasteiger charge is -1.91. The van der Waals surface area contributed by atoms with Crippen LogP contribution in [-0.4, -0.2) is 15.9 Å². The molecule has 5 nitrogen and oxygen atoms in total. The second-order valence-electron chi connectivity index (χ2n) is 3.20. The van der Waals surface area contributed by atoms with Gasteiger partial charge in [-0.1, -0.05) is 0 Å². The van der Waals surface area contributed by atoms with Crippen LogP contribution in [-0.2, 0) is 0 Å². The highest BCUT2D eigenvalue weighted by Crippen LogP contribution is 2.06. The van der Waals surface area contributed by atoms with Crippen LogP contribution >= 0.6 is 31.9 Å². The van der Waals surface area contributed by atoms with Gasteiger partial charge in [0.25, 0.3) is 5.91 Å². The fourth-order valence-corrected chi connectivity index (χ4v) is 1.43. The third-order valence-corrected chi connectivity index (χ3v) is 2.76. The highest BCUT2D eigenvalue weighted by Gasteiger charge is 1.98. The first-order valence-corrected chi connectivity index (χ1v) is 6.54. The molecule has 0 fully saturated rings. The molecule has 0 radical (unpaired) electrons. The Morgan fingerprint density at radius 1 is 1.11 bits per heavy atom. The van der Waals surface area contributed by atoms with Crippen molar-refractivity contribution in [2.45, 2.75) is 0 Å². The highest BCUT2D eigenvalue weighted by atomic mass is 79.9. The lowest BCUT2D eigenvalue weighted by molar-refractivity contribution is 0.0995. The van der Waals surface area contributed by atoms with Crippen molar-refractivity contribution in [2.75, 3.05) is 0 Å². The maximum Gasteiger partial charge on any atom is 0.267 e. The SMILES string of the molecule is N#Cc1ccc(Br)cn1.NC(=O)c1ccc(Br)cn1. The van der Waals surface area contributed by atoms with Gasteiger partial charge in [0.2, 0.25) is 0 Å². The van der Waals surface area contributed by atoms with Crippen LogP contribution < -0.4 is 5.73 Å². The summed E-state index contributed by atoms with van der Waals surface area (Å²) in [7, 11) is 0. The summed E-state index contributed by atoms with van der Waals surface area (Å²) in [6, 6.07) is 8.64. The molecule has 0 spiro atoms. The molecule has 0 aliphatic carbocycles. The van der Waals surface area contributed by atoms with Crippen molar-refractivity contribution in [3.8, 4) is 6.07 Å². The van der Waals surface area contributed by atoms with Crippen LogP contribution in [0.15, 0.2) is 45.6 Å². The Morgan fingerprint density at radius 3 is 2.05 bits per heavy atom. The maximum absolute atomic E-state index is 10.5. The number of carbonyl (C=O) groups excluding carboxylic acids is 1. The summed E-state index contributed by atoms with van der Waals surface area (Å²) in [6.45, 7) is 0. The van der Waals surface area contributed by atoms with Gasteiger partial charge in [0.05, 0.1) is 0 Å². The molecule has 0 aromatic carbocycles. The first kappa shape index (κ1) is 15.3. The number of hydrogen-bond acceptors (Lipinski definition) is 4. The standard InChI is InChI=1S/C6H5BrN2O.C6H3BrN2/c7-4-1-2-5(6(8)10)9-3-4;7-5-1-2-6(3-8)9-4-5/h1-3H,(H2,8,10);1-2,4H. The monoisotopic (exact) mass is 382 g/mol. The van der Waals surface area contributed by atoms with E-state index in [9.17, 15) is 4.79 Å². The Hall–Kier alpha value is -1.78. The second-order valence-corrected chi connectivity index (χ2v) is 5.03. The van der Waals surface area contributed by atoms with E-state index in [4.69, 9.17) is 11.0 Å². The number of pyridine rings is 2. The quantitative estimate of drug-likeness (QED) is 0.819. The third kappa shape index (κ3) is 5.59. The zero-order chi connectivity index (χ0) is 14.3. The van der Waals surface area contributed by atoms with Crippen molar-refractivity contribution in [2.24, 2.45) is 5.73 Å². The molecule has 2 aromatic rings. The van der Waals surface area contributed by atoms with E-state index >= 15 is 0 Å². The Bertz CT molecular complexity index is 591. The predicted molar refractivity (Wildman–Crippen MR) is 77.1 cm³/mol. The van der Waals surface area contributed by atoms with E-state index in [1.54, 1.807) is 30.5 Å². The van der Waals surface area contributed by atoms with Crippen LogP contribution in [0.3, 0.4) is 0 Å². The van der Waals surface area contributed by atoms with E-state index in [1.165, 1.54) is 6.20 Å².